The second-order valence-corrected chi connectivity index (χ2v) is 4.68. The number of hydrogen-bond donors (Lipinski definition) is 0. The van der Waals surface area contributed by atoms with E-state index in [1.807, 2.05) is 16.8 Å². The molecule has 0 saturated heterocycles. The molecule has 0 amide bonds. The predicted molar refractivity (Wildman–Crippen MR) is 69.9 cm³/mol. The minimum absolute atomic E-state index is 0.000463. The van der Waals surface area contributed by atoms with Crippen LogP contribution >= 0.6 is 11.3 Å². The Morgan fingerprint density at radius 1 is 1.39 bits per heavy atom. The van der Waals surface area contributed by atoms with Crippen LogP contribution in [0.3, 0.4) is 0 Å². The number of benzene rings is 1. The summed E-state index contributed by atoms with van der Waals surface area (Å²) >= 11 is 1.61. The Kier molecular flexibility index (Phi) is 4.10. The van der Waals surface area contributed by atoms with Crippen molar-refractivity contribution in [2.45, 2.75) is 12.8 Å². The number of ketones is 1. The zero-order chi connectivity index (χ0) is 13.0. The van der Waals surface area contributed by atoms with Gasteiger partial charge in [0.1, 0.15) is 0 Å². The number of carbonyl (C=O) groups excluding carboxylic acids is 1. The highest BCUT2D eigenvalue weighted by molar-refractivity contribution is 7.07. The molecule has 94 valence electrons. The van der Waals surface area contributed by atoms with E-state index in [9.17, 15) is 9.18 Å². The van der Waals surface area contributed by atoms with E-state index in [0.717, 1.165) is 5.56 Å². The highest BCUT2D eigenvalue weighted by Crippen LogP contribution is 2.20. The summed E-state index contributed by atoms with van der Waals surface area (Å²) in [5, 5.41) is 4.01. The molecule has 1 aromatic heterocycles. The molecule has 0 radical (unpaired) electrons. The SMILES string of the molecule is COc1cc(C(=O)CCc2ccsc2)ccc1F. The van der Waals surface area contributed by atoms with Crippen molar-refractivity contribution in [3.05, 3.63) is 52.0 Å². The van der Waals surface area contributed by atoms with Gasteiger partial charge in [0, 0.05) is 12.0 Å². The average Bonchev–Trinajstić information content (AvgIpc) is 2.89. The lowest BCUT2D eigenvalue weighted by Crippen LogP contribution is -2.02. The Morgan fingerprint density at radius 2 is 2.22 bits per heavy atom. The Bertz CT molecular complexity index is 535. The molecule has 2 rings (SSSR count). The lowest BCUT2D eigenvalue weighted by atomic mass is 10.0. The van der Waals surface area contributed by atoms with E-state index >= 15 is 0 Å². The molecule has 0 saturated carbocycles. The lowest BCUT2D eigenvalue weighted by molar-refractivity contribution is 0.0982. The maximum absolute atomic E-state index is 13.2. The molecule has 0 aliphatic carbocycles. The van der Waals surface area contributed by atoms with Crippen molar-refractivity contribution in [1.82, 2.24) is 0 Å². The van der Waals surface area contributed by atoms with Gasteiger partial charge in [0.2, 0.25) is 0 Å². The number of ether oxygens (including phenoxy) is 1. The summed E-state index contributed by atoms with van der Waals surface area (Å²) in [5.41, 5.74) is 1.64. The van der Waals surface area contributed by atoms with Crippen LogP contribution in [0.4, 0.5) is 4.39 Å². The molecule has 0 bridgehead atoms. The fourth-order valence-corrected chi connectivity index (χ4v) is 2.37. The van der Waals surface area contributed by atoms with E-state index in [-0.39, 0.29) is 11.5 Å². The van der Waals surface area contributed by atoms with Crippen LogP contribution in [0.15, 0.2) is 35.0 Å². The minimum Gasteiger partial charge on any atom is -0.494 e. The third-order valence-corrected chi connectivity index (χ3v) is 3.43. The topological polar surface area (TPSA) is 26.3 Å². The number of hydrogen-bond acceptors (Lipinski definition) is 3. The molecule has 2 aromatic rings. The molecule has 0 fully saturated rings. The molecular weight excluding hydrogens is 251 g/mol. The molecule has 2 nitrogen and oxygen atoms in total. The molecule has 0 spiro atoms. The number of methoxy groups -OCH3 is 1. The summed E-state index contributed by atoms with van der Waals surface area (Å²) in [7, 11) is 1.39. The summed E-state index contributed by atoms with van der Waals surface area (Å²) in [6, 6.07) is 6.21. The largest absolute Gasteiger partial charge is 0.494 e. The Balaban J connectivity index is 2.04. The highest BCUT2D eigenvalue weighted by Gasteiger charge is 2.10. The number of aryl methyl sites for hydroxylation is 1. The second kappa shape index (κ2) is 5.78. The fraction of sp³-hybridized carbons (Fsp3) is 0.214. The zero-order valence-corrected chi connectivity index (χ0v) is 10.8. The van der Waals surface area contributed by atoms with Crippen molar-refractivity contribution in [3.63, 3.8) is 0 Å². The standard InChI is InChI=1S/C14H13FO2S/c1-17-14-8-11(3-4-12(14)15)13(16)5-2-10-6-7-18-9-10/h3-4,6-9H,2,5H2,1H3. The summed E-state index contributed by atoms with van der Waals surface area (Å²) in [5.74, 6) is -0.345. The summed E-state index contributed by atoms with van der Waals surface area (Å²) in [4.78, 5) is 11.9. The maximum Gasteiger partial charge on any atom is 0.165 e. The first-order chi connectivity index (χ1) is 8.70. The van der Waals surface area contributed by atoms with Crippen LogP contribution in [0.25, 0.3) is 0 Å². The highest BCUT2D eigenvalue weighted by atomic mass is 32.1. The first-order valence-corrected chi connectivity index (χ1v) is 6.53. The molecule has 1 aromatic carbocycles. The van der Waals surface area contributed by atoms with Crippen LogP contribution in [0.2, 0.25) is 0 Å². The third-order valence-electron chi connectivity index (χ3n) is 2.69. The van der Waals surface area contributed by atoms with Gasteiger partial charge in [-0.2, -0.15) is 11.3 Å². The quantitative estimate of drug-likeness (QED) is 0.769. The van der Waals surface area contributed by atoms with Gasteiger partial charge in [-0.25, -0.2) is 4.39 Å². The van der Waals surface area contributed by atoms with Crippen molar-refractivity contribution in [3.8, 4) is 5.75 Å². The van der Waals surface area contributed by atoms with Crippen LogP contribution in [0.1, 0.15) is 22.3 Å². The summed E-state index contributed by atoms with van der Waals surface area (Å²) < 4.78 is 18.1. The normalized spacial score (nSPS) is 10.3. The number of carbonyl (C=O) groups is 1. The van der Waals surface area contributed by atoms with Gasteiger partial charge in [0.25, 0.3) is 0 Å². The van der Waals surface area contributed by atoms with E-state index in [0.29, 0.717) is 18.4 Å². The van der Waals surface area contributed by atoms with E-state index in [1.54, 1.807) is 11.3 Å². The average molecular weight is 264 g/mol. The smallest absolute Gasteiger partial charge is 0.165 e. The van der Waals surface area contributed by atoms with E-state index in [2.05, 4.69) is 0 Å². The van der Waals surface area contributed by atoms with Crippen LogP contribution in [-0.2, 0) is 6.42 Å². The Morgan fingerprint density at radius 3 is 2.89 bits per heavy atom. The number of rotatable bonds is 5. The van der Waals surface area contributed by atoms with Gasteiger partial charge >= 0.3 is 0 Å². The monoisotopic (exact) mass is 264 g/mol. The predicted octanol–water partition coefficient (Wildman–Crippen LogP) is 3.71. The van der Waals surface area contributed by atoms with Gasteiger partial charge in [-0.15, -0.1) is 0 Å². The van der Waals surface area contributed by atoms with E-state index in [4.69, 9.17) is 4.74 Å². The van der Waals surface area contributed by atoms with Gasteiger partial charge in [0.05, 0.1) is 7.11 Å². The molecule has 1 heterocycles. The van der Waals surface area contributed by atoms with Gasteiger partial charge in [-0.3, -0.25) is 4.79 Å². The number of Topliss-reactive ketones (excluding diaryl/α,β-unsaturated/α-hetero) is 1. The second-order valence-electron chi connectivity index (χ2n) is 3.90. The van der Waals surface area contributed by atoms with Crippen molar-refractivity contribution in [2.24, 2.45) is 0 Å². The fourth-order valence-electron chi connectivity index (χ4n) is 1.67. The lowest BCUT2D eigenvalue weighted by Gasteiger charge is -2.05. The molecule has 4 heteroatoms. The first-order valence-electron chi connectivity index (χ1n) is 5.58. The van der Waals surface area contributed by atoms with Gasteiger partial charge in [-0.05, 0) is 47.0 Å². The molecule has 0 aliphatic rings. The summed E-state index contributed by atoms with van der Waals surface area (Å²) in [6.07, 6.45) is 1.13. The van der Waals surface area contributed by atoms with Crippen molar-refractivity contribution >= 4 is 17.1 Å². The first kappa shape index (κ1) is 12.8. The van der Waals surface area contributed by atoms with Crippen LogP contribution in [0, 0.1) is 5.82 Å². The molecular formula is C14H13FO2S. The molecule has 18 heavy (non-hydrogen) atoms. The Labute approximate surface area is 109 Å². The van der Waals surface area contributed by atoms with Crippen LogP contribution in [-0.4, -0.2) is 12.9 Å². The van der Waals surface area contributed by atoms with E-state index in [1.165, 1.54) is 25.3 Å². The number of thiophene rings is 1. The number of halogens is 1. The summed E-state index contributed by atoms with van der Waals surface area (Å²) in [6.45, 7) is 0. The van der Waals surface area contributed by atoms with Crippen molar-refractivity contribution in [2.75, 3.05) is 7.11 Å². The Hall–Kier alpha value is -1.68. The van der Waals surface area contributed by atoms with Crippen LogP contribution < -0.4 is 4.74 Å². The molecule has 0 unspecified atom stereocenters. The molecule has 0 atom stereocenters. The minimum atomic E-state index is -0.452. The van der Waals surface area contributed by atoms with Crippen molar-refractivity contribution < 1.29 is 13.9 Å². The molecule has 0 aliphatic heterocycles. The maximum atomic E-state index is 13.2. The van der Waals surface area contributed by atoms with Crippen molar-refractivity contribution in [1.29, 1.82) is 0 Å². The van der Waals surface area contributed by atoms with Crippen LogP contribution in [0.5, 0.6) is 5.75 Å². The van der Waals surface area contributed by atoms with Gasteiger partial charge in [-0.1, -0.05) is 0 Å². The molecule has 0 N–H and O–H groups in total. The van der Waals surface area contributed by atoms with Gasteiger partial charge < -0.3 is 4.74 Å². The van der Waals surface area contributed by atoms with Gasteiger partial charge in [0.15, 0.2) is 17.3 Å². The van der Waals surface area contributed by atoms with E-state index < -0.39 is 5.82 Å². The zero-order valence-electron chi connectivity index (χ0n) is 9.98. The third kappa shape index (κ3) is 2.96.